The second-order valence-corrected chi connectivity index (χ2v) is 5.29. The Morgan fingerprint density at radius 3 is 3.06 bits per heavy atom. The molecule has 0 aliphatic carbocycles. The number of hydrogen-bond donors (Lipinski definition) is 1. The summed E-state index contributed by atoms with van der Waals surface area (Å²) in [6.07, 6.45) is 0. The lowest BCUT2D eigenvalue weighted by Gasteiger charge is -2.32. The normalized spacial score (nSPS) is 19.4. The SMILES string of the molecule is N#CC1CNCCN1C(=O)c1ccc(Br)cc1Cl. The molecule has 1 heterocycles. The first-order chi connectivity index (χ1) is 8.63. The number of nitrogens with zero attached hydrogens (tertiary/aromatic N) is 2. The van der Waals surface area contributed by atoms with Crippen LogP contribution in [-0.4, -0.2) is 36.5 Å². The highest BCUT2D eigenvalue weighted by atomic mass is 79.9. The van der Waals surface area contributed by atoms with Gasteiger partial charge in [-0.3, -0.25) is 4.79 Å². The third-order valence-electron chi connectivity index (χ3n) is 2.81. The number of hydrogen-bond acceptors (Lipinski definition) is 3. The summed E-state index contributed by atoms with van der Waals surface area (Å²) in [6, 6.07) is 6.80. The van der Waals surface area contributed by atoms with Gasteiger partial charge in [0.1, 0.15) is 6.04 Å². The second-order valence-electron chi connectivity index (χ2n) is 3.97. The average molecular weight is 329 g/mol. The monoisotopic (exact) mass is 327 g/mol. The standard InChI is InChI=1S/C12H11BrClN3O/c13-8-1-2-10(11(14)5-8)12(18)17-4-3-16-7-9(17)6-15/h1-2,5,9,16H,3-4,7H2. The van der Waals surface area contributed by atoms with Crippen LogP contribution in [0.4, 0.5) is 0 Å². The number of carbonyl (C=O) groups excluding carboxylic acids is 1. The predicted octanol–water partition coefficient (Wildman–Crippen LogP) is 2.04. The van der Waals surface area contributed by atoms with Crippen LogP contribution in [0.3, 0.4) is 0 Å². The van der Waals surface area contributed by atoms with Crippen molar-refractivity contribution in [2.45, 2.75) is 6.04 Å². The number of carbonyl (C=O) groups is 1. The molecule has 1 saturated heterocycles. The Balaban J connectivity index is 2.27. The summed E-state index contributed by atoms with van der Waals surface area (Å²) in [7, 11) is 0. The molecule has 1 N–H and O–H groups in total. The molecule has 1 amide bonds. The molecule has 0 radical (unpaired) electrons. The fourth-order valence-corrected chi connectivity index (χ4v) is 2.63. The van der Waals surface area contributed by atoms with Crippen molar-refractivity contribution in [3.05, 3.63) is 33.3 Å². The average Bonchev–Trinajstić information content (AvgIpc) is 2.38. The van der Waals surface area contributed by atoms with Gasteiger partial charge in [-0.05, 0) is 18.2 Å². The number of halogens is 2. The molecule has 6 heteroatoms. The van der Waals surface area contributed by atoms with Crippen LogP contribution >= 0.6 is 27.5 Å². The number of benzene rings is 1. The number of nitrogens with one attached hydrogen (secondary N) is 1. The Labute approximate surface area is 119 Å². The summed E-state index contributed by atoms with van der Waals surface area (Å²) in [4.78, 5) is 13.9. The van der Waals surface area contributed by atoms with Crippen molar-refractivity contribution in [1.82, 2.24) is 10.2 Å². The van der Waals surface area contributed by atoms with Crippen molar-refractivity contribution in [2.24, 2.45) is 0 Å². The van der Waals surface area contributed by atoms with Gasteiger partial charge in [0.25, 0.3) is 5.91 Å². The van der Waals surface area contributed by atoms with E-state index in [2.05, 4.69) is 27.3 Å². The van der Waals surface area contributed by atoms with Crippen LogP contribution in [0.15, 0.2) is 22.7 Å². The van der Waals surface area contributed by atoms with Crippen molar-refractivity contribution in [1.29, 1.82) is 5.26 Å². The van der Waals surface area contributed by atoms with Crippen molar-refractivity contribution in [3.63, 3.8) is 0 Å². The summed E-state index contributed by atoms with van der Waals surface area (Å²) >= 11 is 9.35. The van der Waals surface area contributed by atoms with Crippen LogP contribution < -0.4 is 5.32 Å². The van der Waals surface area contributed by atoms with Gasteiger partial charge < -0.3 is 10.2 Å². The molecule has 1 aliphatic heterocycles. The van der Waals surface area contributed by atoms with Crippen LogP contribution in [0.1, 0.15) is 10.4 Å². The number of nitriles is 1. The maximum atomic E-state index is 12.3. The van der Waals surface area contributed by atoms with Crippen molar-refractivity contribution in [3.8, 4) is 6.07 Å². The molecule has 0 bridgehead atoms. The number of rotatable bonds is 1. The first-order valence-electron chi connectivity index (χ1n) is 5.50. The molecule has 1 unspecified atom stereocenters. The zero-order valence-corrected chi connectivity index (χ0v) is 11.8. The highest BCUT2D eigenvalue weighted by Crippen LogP contribution is 2.23. The summed E-state index contributed by atoms with van der Waals surface area (Å²) in [5.74, 6) is -0.194. The van der Waals surface area contributed by atoms with E-state index in [1.165, 1.54) is 0 Å². The van der Waals surface area contributed by atoms with Gasteiger partial charge in [0.05, 0.1) is 16.7 Å². The molecule has 1 fully saturated rings. The Bertz CT molecular complexity index is 515. The molecular formula is C12H11BrClN3O. The van der Waals surface area contributed by atoms with Gasteiger partial charge in [0.2, 0.25) is 0 Å². The minimum absolute atomic E-state index is 0.194. The summed E-state index contributed by atoms with van der Waals surface area (Å²) in [5.41, 5.74) is 0.432. The van der Waals surface area contributed by atoms with Crippen LogP contribution in [0, 0.1) is 11.3 Å². The van der Waals surface area contributed by atoms with Crippen LogP contribution in [0.5, 0.6) is 0 Å². The highest BCUT2D eigenvalue weighted by molar-refractivity contribution is 9.10. The van der Waals surface area contributed by atoms with E-state index in [0.29, 0.717) is 30.2 Å². The Kier molecular flexibility index (Phi) is 4.23. The quantitative estimate of drug-likeness (QED) is 0.858. The van der Waals surface area contributed by atoms with Crippen LogP contribution in [0.2, 0.25) is 5.02 Å². The molecular weight excluding hydrogens is 318 g/mol. The lowest BCUT2D eigenvalue weighted by molar-refractivity contribution is 0.0687. The van der Waals surface area contributed by atoms with Crippen LogP contribution in [-0.2, 0) is 0 Å². The van der Waals surface area contributed by atoms with E-state index < -0.39 is 6.04 Å². The Morgan fingerprint density at radius 2 is 2.39 bits per heavy atom. The van der Waals surface area contributed by atoms with Gasteiger partial charge in [0.15, 0.2) is 0 Å². The fraction of sp³-hybridized carbons (Fsp3) is 0.333. The molecule has 2 rings (SSSR count). The van der Waals surface area contributed by atoms with Crippen molar-refractivity contribution >= 4 is 33.4 Å². The molecule has 0 saturated carbocycles. The van der Waals surface area contributed by atoms with Gasteiger partial charge in [0, 0.05) is 24.1 Å². The van der Waals surface area contributed by atoms with Crippen molar-refractivity contribution < 1.29 is 4.79 Å². The topological polar surface area (TPSA) is 56.1 Å². The fourth-order valence-electron chi connectivity index (χ4n) is 1.88. The molecule has 1 aromatic rings. The number of piperazine rings is 1. The largest absolute Gasteiger partial charge is 0.320 e. The molecule has 18 heavy (non-hydrogen) atoms. The van der Waals surface area contributed by atoms with E-state index in [-0.39, 0.29) is 5.91 Å². The molecule has 94 valence electrons. The van der Waals surface area contributed by atoms with Crippen LogP contribution in [0.25, 0.3) is 0 Å². The van der Waals surface area contributed by atoms with Crippen molar-refractivity contribution in [2.75, 3.05) is 19.6 Å². The minimum atomic E-state index is -0.439. The summed E-state index contributed by atoms with van der Waals surface area (Å²) in [5, 5.41) is 12.5. The molecule has 4 nitrogen and oxygen atoms in total. The van der Waals surface area contributed by atoms with E-state index in [1.807, 2.05) is 0 Å². The van der Waals surface area contributed by atoms with E-state index in [1.54, 1.807) is 23.1 Å². The molecule has 0 spiro atoms. The van der Waals surface area contributed by atoms with E-state index in [0.717, 1.165) is 4.47 Å². The summed E-state index contributed by atoms with van der Waals surface area (Å²) < 4.78 is 0.821. The Hall–Kier alpha value is -1.09. The predicted molar refractivity (Wildman–Crippen MR) is 72.5 cm³/mol. The van der Waals surface area contributed by atoms with E-state index in [9.17, 15) is 4.79 Å². The maximum Gasteiger partial charge on any atom is 0.256 e. The Morgan fingerprint density at radius 1 is 1.61 bits per heavy atom. The van der Waals surface area contributed by atoms with Gasteiger partial charge >= 0.3 is 0 Å². The van der Waals surface area contributed by atoms with Gasteiger partial charge in [-0.25, -0.2) is 0 Å². The lowest BCUT2D eigenvalue weighted by Crippen LogP contribution is -2.53. The van der Waals surface area contributed by atoms with E-state index in [4.69, 9.17) is 16.9 Å². The first-order valence-corrected chi connectivity index (χ1v) is 6.67. The first kappa shape index (κ1) is 13.3. The van der Waals surface area contributed by atoms with Gasteiger partial charge in [-0.2, -0.15) is 5.26 Å². The zero-order chi connectivity index (χ0) is 13.1. The third-order valence-corrected chi connectivity index (χ3v) is 3.62. The number of amides is 1. The molecule has 1 atom stereocenters. The van der Waals surface area contributed by atoms with Gasteiger partial charge in [-0.1, -0.05) is 27.5 Å². The third kappa shape index (κ3) is 2.66. The van der Waals surface area contributed by atoms with Gasteiger partial charge in [-0.15, -0.1) is 0 Å². The van der Waals surface area contributed by atoms with E-state index >= 15 is 0 Å². The summed E-state index contributed by atoms with van der Waals surface area (Å²) in [6.45, 7) is 1.71. The molecule has 1 aromatic carbocycles. The molecule has 1 aliphatic rings. The maximum absolute atomic E-state index is 12.3. The molecule has 0 aromatic heterocycles. The second kappa shape index (κ2) is 5.70. The lowest BCUT2D eigenvalue weighted by atomic mass is 10.1. The zero-order valence-electron chi connectivity index (χ0n) is 9.49. The highest BCUT2D eigenvalue weighted by Gasteiger charge is 2.28. The minimum Gasteiger partial charge on any atom is -0.320 e. The smallest absolute Gasteiger partial charge is 0.256 e.